The van der Waals surface area contributed by atoms with Crippen LogP contribution < -0.4 is 5.32 Å². The van der Waals surface area contributed by atoms with Crippen LogP contribution in [0.2, 0.25) is 5.02 Å². The average Bonchev–Trinajstić information content (AvgIpc) is 2.76. The number of nitrogens with one attached hydrogen (secondary N) is 1. The van der Waals surface area contributed by atoms with Gasteiger partial charge in [0.15, 0.2) is 5.65 Å². The van der Waals surface area contributed by atoms with Gasteiger partial charge in [0.2, 0.25) is 0 Å². The number of aromatic nitrogens is 3. The van der Waals surface area contributed by atoms with E-state index in [9.17, 15) is 0 Å². The van der Waals surface area contributed by atoms with Gasteiger partial charge in [0.05, 0.1) is 5.69 Å². The molecule has 0 aliphatic carbocycles. The molecule has 0 aliphatic heterocycles. The predicted octanol–water partition coefficient (Wildman–Crippen LogP) is 4.49. The Kier molecular flexibility index (Phi) is 3.79. The molecule has 3 rings (SSSR count). The Labute approximate surface area is 135 Å². The van der Waals surface area contributed by atoms with E-state index < -0.39 is 0 Å². The predicted molar refractivity (Wildman–Crippen MR) is 91.7 cm³/mol. The third-order valence-corrected chi connectivity index (χ3v) is 3.71. The summed E-state index contributed by atoms with van der Waals surface area (Å²) in [4.78, 5) is 4.69. The first kappa shape index (κ1) is 14.9. The first-order valence-electron chi connectivity index (χ1n) is 7.35. The van der Waals surface area contributed by atoms with Crippen LogP contribution in [-0.4, -0.2) is 20.6 Å². The van der Waals surface area contributed by atoms with Gasteiger partial charge in [-0.25, -0.2) is 4.98 Å². The Balaban J connectivity index is 2.25. The second kappa shape index (κ2) is 5.61. The van der Waals surface area contributed by atoms with Crippen LogP contribution in [0.1, 0.15) is 25.2 Å². The lowest BCUT2D eigenvalue weighted by Gasteiger charge is -2.12. The Morgan fingerprint density at radius 1 is 1.14 bits per heavy atom. The zero-order valence-corrected chi connectivity index (χ0v) is 13.9. The summed E-state index contributed by atoms with van der Waals surface area (Å²) in [5.41, 5.74) is 4.90. The molecule has 0 spiro atoms. The Morgan fingerprint density at radius 3 is 2.45 bits per heavy atom. The molecule has 0 saturated heterocycles. The van der Waals surface area contributed by atoms with Crippen LogP contribution in [0, 0.1) is 13.8 Å². The zero-order chi connectivity index (χ0) is 15.9. The van der Waals surface area contributed by atoms with E-state index in [0.29, 0.717) is 6.04 Å². The molecule has 1 N–H and O–H groups in total. The molecule has 4 nitrogen and oxygen atoms in total. The summed E-state index contributed by atoms with van der Waals surface area (Å²) in [5.74, 6) is 0.959. The molecular formula is C17H19ClN4. The number of nitrogens with zero attached hydrogens (tertiary/aromatic N) is 3. The van der Waals surface area contributed by atoms with E-state index in [4.69, 9.17) is 16.6 Å². The van der Waals surface area contributed by atoms with Crippen LogP contribution in [0.15, 0.2) is 30.3 Å². The van der Waals surface area contributed by atoms with Gasteiger partial charge in [-0.15, -0.1) is 0 Å². The van der Waals surface area contributed by atoms with Gasteiger partial charge in [-0.05, 0) is 45.4 Å². The molecule has 5 heteroatoms. The molecule has 0 saturated carbocycles. The lowest BCUT2D eigenvalue weighted by molar-refractivity contribution is 0.842. The van der Waals surface area contributed by atoms with Crippen molar-refractivity contribution in [1.29, 1.82) is 0 Å². The van der Waals surface area contributed by atoms with E-state index >= 15 is 0 Å². The van der Waals surface area contributed by atoms with E-state index in [-0.39, 0.29) is 0 Å². The minimum absolute atomic E-state index is 0.327. The highest BCUT2D eigenvalue weighted by atomic mass is 35.5. The van der Waals surface area contributed by atoms with Gasteiger partial charge in [0, 0.05) is 28.4 Å². The second-order valence-electron chi connectivity index (χ2n) is 5.78. The molecule has 22 heavy (non-hydrogen) atoms. The number of aryl methyl sites for hydroxylation is 2. The van der Waals surface area contributed by atoms with E-state index in [2.05, 4.69) is 24.3 Å². The minimum Gasteiger partial charge on any atom is -0.368 e. The molecule has 114 valence electrons. The lowest BCUT2D eigenvalue weighted by atomic mass is 10.1. The highest BCUT2D eigenvalue weighted by Gasteiger charge is 2.16. The number of fused-ring (bicyclic) bond motifs is 1. The summed E-state index contributed by atoms with van der Waals surface area (Å²) in [5, 5.41) is 8.82. The highest BCUT2D eigenvalue weighted by molar-refractivity contribution is 6.30. The van der Waals surface area contributed by atoms with Crippen molar-refractivity contribution in [2.45, 2.75) is 33.7 Å². The van der Waals surface area contributed by atoms with Gasteiger partial charge in [0.1, 0.15) is 5.82 Å². The number of hydrogen-bond donors (Lipinski definition) is 1. The number of benzene rings is 1. The fraction of sp³-hybridized carbons (Fsp3) is 0.294. The Morgan fingerprint density at radius 2 is 1.82 bits per heavy atom. The summed E-state index contributed by atoms with van der Waals surface area (Å²) in [6.45, 7) is 8.22. The molecule has 0 bridgehead atoms. The maximum absolute atomic E-state index is 5.99. The maximum atomic E-state index is 5.99. The fourth-order valence-electron chi connectivity index (χ4n) is 2.60. The van der Waals surface area contributed by atoms with Gasteiger partial charge < -0.3 is 5.32 Å². The normalized spacial score (nSPS) is 11.4. The molecule has 3 aromatic rings. The number of halogens is 1. The molecule has 2 heterocycles. The van der Waals surface area contributed by atoms with Crippen molar-refractivity contribution >= 4 is 23.1 Å². The maximum Gasteiger partial charge on any atom is 0.165 e. The minimum atomic E-state index is 0.327. The number of hydrogen-bond acceptors (Lipinski definition) is 3. The Bertz CT molecular complexity index is 819. The number of rotatable bonds is 3. The molecule has 0 unspecified atom stereocenters. The molecule has 0 aliphatic rings. The fourth-order valence-corrected chi connectivity index (χ4v) is 2.72. The van der Waals surface area contributed by atoms with E-state index in [1.165, 1.54) is 0 Å². The Hall–Kier alpha value is -2.07. The smallest absolute Gasteiger partial charge is 0.165 e. The van der Waals surface area contributed by atoms with Crippen LogP contribution in [-0.2, 0) is 0 Å². The lowest BCUT2D eigenvalue weighted by Crippen LogP contribution is -2.14. The van der Waals surface area contributed by atoms with Crippen LogP contribution in [0.3, 0.4) is 0 Å². The zero-order valence-electron chi connectivity index (χ0n) is 13.2. The van der Waals surface area contributed by atoms with Crippen molar-refractivity contribution in [3.05, 3.63) is 46.7 Å². The molecule has 2 aromatic heterocycles. The van der Waals surface area contributed by atoms with Crippen molar-refractivity contribution in [2.75, 3.05) is 5.32 Å². The average molecular weight is 315 g/mol. The van der Waals surface area contributed by atoms with Gasteiger partial charge in [0.25, 0.3) is 0 Å². The van der Waals surface area contributed by atoms with Crippen molar-refractivity contribution < 1.29 is 0 Å². The van der Waals surface area contributed by atoms with Crippen molar-refractivity contribution in [2.24, 2.45) is 0 Å². The molecular weight excluding hydrogens is 296 g/mol. The topological polar surface area (TPSA) is 42.2 Å². The van der Waals surface area contributed by atoms with Crippen molar-refractivity contribution in [3.63, 3.8) is 0 Å². The number of anilines is 1. The summed E-state index contributed by atoms with van der Waals surface area (Å²) in [6, 6.07) is 10.1. The SMILES string of the molecule is Cc1cc(NC(C)C)n2nc(C)c(-c3ccc(Cl)cc3)c2n1. The summed E-state index contributed by atoms with van der Waals surface area (Å²) < 4.78 is 1.88. The largest absolute Gasteiger partial charge is 0.368 e. The molecule has 1 aromatic carbocycles. The summed E-state index contributed by atoms with van der Waals surface area (Å²) in [6.07, 6.45) is 0. The van der Waals surface area contributed by atoms with Crippen molar-refractivity contribution in [1.82, 2.24) is 14.6 Å². The molecule has 0 fully saturated rings. The standard InChI is InChI=1S/C17H19ClN4/c1-10(2)19-15-9-11(3)20-17-16(12(4)21-22(15)17)13-5-7-14(18)8-6-13/h5-10,19H,1-4H3. The van der Waals surface area contributed by atoms with E-state index in [0.717, 1.165) is 39.0 Å². The van der Waals surface area contributed by atoms with Gasteiger partial charge in [-0.3, -0.25) is 0 Å². The summed E-state index contributed by atoms with van der Waals surface area (Å²) >= 11 is 5.99. The van der Waals surface area contributed by atoms with E-state index in [1.807, 2.05) is 48.7 Å². The first-order valence-corrected chi connectivity index (χ1v) is 7.73. The van der Waals surface area contributed by atoms with Crippen LogP contribution >= 0.6 is 11.6 Å². The second-order valence-corrected chi connectivity index (χ2v) is 6.22. The van der Waals surface area contributed by atoms with Gasteiger partial charge >= 0.3 is 0 Å². The third kappa shape index (κ3) is 2.66. The summed E-state index contributed by atoms with van der Waals surface area (Å²) in [7, 11) is 0. The van der Waals surface area contributed by atoms with Crippen LogP contribution in [0.25, 0.3) is 16.8 Å². The highest BCUT2D eigenvalue weighted by Crippen LogP contribution is 2.30. The third-order valence-electron chi connectivity index (χ3n) is 3.46. The monoisotopic (exact) mass is 314 g/mol. The van der Waals surface area contributed by atoms with Gasteiger partial charge in [-0.2, -0.15) is 9.61 Å². The molecule has 0 radical (unpaired) electrons. The van der Waals surface area contributed by atoms with E-state index in [1.54, 1.807) is 0 Å². The van der Waals surface area contributed by atoms with Crippen molar-refractivity contribution in [3.8, 4) is 11.1 Å². The first-order chi connectivity index (χ1) is 10.5. The molecule has 0 amide bonds. The van der Waals surface area contributed by atoms with Crippen LogP contribution in [0.4, 0.5) is 5.82 Å². The molecule has 0 atom stereocenters. The van der Waals surface area contributed by atoms with Crippen LogP contribution in [0.5, 0.6) is 0 Å². The quantitative estimate of drug-likeness (QED) is 0.774. The van der Waals surface area contributed by atoms with Gasteiger partial charge in [-0.1, -0.05) is 23.7 Å².